The molecule has 2 heterocycles. The van der Waals surface area contributed by atoms with Crippen LogP contribution in [0.1, 0.15) is 4.88 Å². The molecule has 0 saturated heterocycles. The average molecular weight is 261 g/mol. The van der Waals surface area contributed by atoms with E-state index in [1.807, 2.05) is 24.1 Å². The third kappa shape index (κ3) is 2.74. The summed E-state index contributed by atoms with van der Waals surface area (Å²) in [4.78, 5) is 18.0. The molecule has 15 heavy (non-hydrogen) atoms. The minimum atomic E-state index is -0.0499. The van der Waals surface area contributed by atoms with Gasteiger partial charge in [-0.15, -0.1) is 11.3 Å². The first-order valence-electron chi connectivity index (χ1n) is 4.35. The largest absolute Gasteiger partial charge is 0.349 e. The number of nitrogens with zero attached hydrogens (tertiary/aromatic N) is 2. The molecule has 0 bridgehead atoms. The highest BCUT2D eigenvalue weighted by Gasteiger charge is 2.18. The van der Waals surface area contributed by atoms with Crippen molar-refractivity contribution < 1.29 is 4.79 Å². The van der Waals surface area contributed by atoms with Gasteiger partial charge in [0.05, 0.1) is 16.6 Å². The van der Waals surface area contributed by atoms with E-state index in [9.17, 15) is 4.79 Å². The van der Waals surface area contributed by atoms with Gasteiger partial charge in [0.25, 0.3) is 5.91 Å². The Hall–Kier alpha value is -0.520. The van der Waals surface area contributed by atoms with E-state index in [0.717, 1.165) is 16.0 Å². The molecule has 0 saturated carbocycles. The molecule has 3 nitrogen and oxygen atoms in total. The lowest BCUT2D eigenvalue weighted by molar-refractivity contribution is -0.115. The number of thiophene rings is 1. The number of amides is 1. The number of halogens is 1. The molecule has 0 unspecified atom stereocenters. The third-order valence-electron chi connectivity index (χ3n) is 1.89. The van der Waals surface area contributed by atoms with Gasteiger partial charge in [-0.1, -0.05) is 23.4 Å². The summed E-state index contributed by atoms with van der Waals surface area (Å²) in [6.45, 7) is 0.747. The molecule has 0 atom stereocenters. The number of thioether (sulfide) groups is 1. The summed E-state index contributed by atoms with van der Waals surface area (Å²) in [5.74, 6) is 0.413. The second-order valence-electron chi connectivity index (χ2n) is 3.14. The maximum absolute atomic E-state index is 11.0. The van der Waals surface area contributed by atoms with Gasteiger partial charge in [-0.05, 0) is 12.1 Å². The summed E-state index contributed by atoms with van der Waals surface area (Å²) in [7, 11) is 1.93. The molecule has 0 spiro atoms. The highest BCUT2D eigenvalue weighted by Crippen LogP contribution is 2.24. The van der Waals surface area contributed by atoms with E-state index in [1.165, 1.54) is 16.6 Å². The Morgan fingerprint density at radius 1 is 1.60 bits per heavy atom. The van der Waals surface area contributed by atoms with E-state index < -0.39 is 0 Å². The van der Waals surface area contributed by atoms with Gasteiger partial charge < -0.3 is 4.90 Å². The number of aliphatic imine (C=N–C) groups is 1. The van der Waals surface area contributed by atoms with Crippen molar-refractivity contribution in [2.24, 2.45) is 4.99 Å². The highest BCUT2D eigenvalue weighted by molar-refractivity contribution is 8.14. The Morgan fingerprint density at radius 3 is 2.93 bits per heavy atom. The van der Waals surface area contributed by atoms with Crippen molar-refractivity contribution in [3.05, 3.63) is 21.3 Å². The SMILES string of the molecule is CN(Cc1ccc(Cl)s1)C1=NC(=O)CS1. The molecular formula is C9H9ClN2OS2. The van der Waals surface area contributed by atoms with Crippen LogP contribution in [0, 0.1) is 0 Å². The summed E-state index contributed by atoms with van der Waals surface area (Å²) < 4.78 is 0.787. The van der Waals surface area contributed by atoms with Crippen molar-refractivity contribution in [1.29, 1.82) is 0 Å². The van der Waals surface area contributed by atoms with Crippen LogP contribution < -0.4 is 0 Å². The standard InChI is InChI=1S/C9H9ClN2OS2/c1-12(9-11-8(13)5-14-9)4-6-2-3-7(10)15-6/h2-3H,4-5H2,1H3. The summed E-state index contributed by atoms with van der Waals surface area (Å²) in [6, 6.07) is 3.87. The molecule has 0 fully saturated rings. The number of amidine groups is 1. The van der Waals surface area contributed by atoms with Crippen LogP contribution in [0.5, 0.6) is 0 Å². The van der Waals surface area contributed by atoms with E-state index in [2.05, 4.69) is 4.99 Å². The van der Waals surface area contributed by atoms with Gasteiger partial charge in [0.2, 0.25) is 0 Å². The Bertz CT molecular complexity index is 416. The van der Waals surface area contributed by atoms with Crippen molar-refractivity contribution in [2.45, 2.75) is 6.54 Å². The Labute approximate surface area is 101 Å². The van der Waals surface area contributed by atoms with Gasteiger partial charge in [-0.25, -0.2) is 0 Å². The topological polar surface area (TPSA) is 32.7 Å². The maximum atomic E-state index is 11.0. The molecule has 1 aromatic rings. The predicted molar refractivity (Wildman–Crippen MR) is 65.7 cm³/mol. The first-order chi connectivity index (χ1) is 7.15. The summed E-state index contributed by atoms with van der Waals surface area (Å²) in [6.07, 6.45) is 0. The van der Waals surface area contributed by atoms with E-state index in [4.69, 9.17) is 11.6 Å². The molecular weight excluding hydrogens is 252 g/mol. The lowest BCUT2D eigenvalue weighted by Crippen LogP contribution is -2.21. The minimum Gasteiger partial charge on any atom is -0.349 e. The van der Waals surface area contributed by atoms with Crippen LogP contribution in [-0.4, -0.2) is 28.8 Å². The van der Waals surface area contributed by atoms with Crippen molar-refractivity contribution in [2.75, 3.05) is 12.8 Å². The zero-order valence-corrected chi connectivity index (χ0v) is 10.5. The van der Waals surface area contributed by atoms with Crippen LogP contribution in [0.3, 0.4) is 0 Å². The number of carbonyl (C=O) groups excluding carboxylic acids is 1. The minimum absolute atomic E-state index is 0.0499. The smallest absolute Gasteiger partial charge is 0.258 e. The third-order valence-corrected chi connectivity index (χ3v) is 4.16. The second kappa shape index (κ2) is 4.55. The molecule has 0 aromatic carbocycles. The molecule has 1 aromatic heterocycles. The first-order valence-corrected chi connectivity index (χ1v) is 6.53. The van der Waals surface area contributed by atoms with Gasteiger partial charge in [0.1, 0.15) is 0 Å². The van der Waals surface area contributed by atoms with Gasteiger partial charge in [-0.2, -0.15) is 4.99 Å². The Kier molecular flexibility index (Phi) is 3.33. The lowest BCUT2D eigenvalue weighted by atomic mass is 10.4. The van der Waals surface area contributed by atoms with Gasteiger partial charge in [0.15, 0.2) is 5.17 Å². The van der Waals surface area contributed by atoms with Crippen LogP contribution in [-0.2, 0) is 11.3 Å². The second-order valence-corrected chi connectivity index (χ2v) is 5.88. The molecule has 1 amide bonds. The quantitative estimate of drug-likeness (QED) is 0.819. The van der Waals surface area contributed by atoms with Crippen LogP contribution in [0.2, 0.25) is 4.34 Å². The van der Waals surface area contributed by atoms with Gasteiger partial charge in [-0.3, -0.25) is 4.79 Å². The summed E-state index contributed by atoms with van der Waals surface area (Å²) in [5.41, 5.74) is 0. The van der Waals surface area contributed by atoms with Gasteiger partial charge in [0, 0.05) is 11.9 Å². The van der Waals surface area contributed by atoms with Crippen LogP contribution in [0.15, 0.2) is 17.1 Å². The Morgan fingerprint density at radius 2 is 2.40 bits per heavy atom. The molecule has 1 aliphatic heterocycles. The predicted octanol–water partition coefficient (Wildman–Crippen LogP) is 2.46. The van der Waals surface area contributed by atoms with Crippen molar-refractivity contribution in [3.8, 4) is 0 Å². The number of hydrogen-bond acceptors (Lipinski definition) is 4. The van der Waals surface area contributed by atoms with Crippen molar-refractivity contribution in [3.63, 3.8) is 0 Å². The molecule has 1 aliphatic rings. The summed E-state index contributed by atoms with van der Waals surface area (Å²) in [5, 5.41) is 0.796. The maximum Gasteiger partial charge on any atom is 0.258 e. The lowest BCUT2D eigenvalue weighted by Gasteiger charge is -2.16. The van der Waals surface area contributed by atoms with Crippen LogP contribution in [0.4, 0.5) is 0 Å². The fourth-order valence-electron chi connectivity index (χ4n) is 1.23. The van der Waals surface area contributed by atoms with E-state index >= 15 is 0 Å². The van der Waals surface area contributed by atoms with Crippen LogP contribution >= 0.6 is 34.7 Å². The number of hydrogen-bond donors (Lipinski definition) is 0. The monoisotopic (exact) mass is 260 g/mol. The average Bonchev–Trinajstić information content (AvgIpc) is 2.75. The zero-order chi connectivity index (χ0) is 10.8. The van der Waals surface area contributed by atoms with E-state index in [1.54, 1.807) is 11.3 Å². The van der Waals surface area contributed by atoms with Crippen LogP contribution in [0.25, 0.3) is 0 Å². The number of carbonyl (C=O) groups is 1. The first kappa shape index (κ1) is 11.0. The molecule has 0 radical (unpaired) electrons. The molecule has 6 heteroatoms. The fourth-order valence-corrected chi connectivity index (χ4v) is 3.14. The van der Waals surface area contributed by atoms with Crippen molar-refractivity contribution in [1.82, 2.24) is 4.90 Å². The molecule has 0 N–H and O–H groups in total. The van der Waals surface area contributed by atoms with Gasteiger partial charge >= 0.3 is 0 Å². The van der Waals surface area contributed by atoms with E-state index in [-0.39, 0.29) is 5.91 Å². The molecule has 2 rings (SSSR count). The fraction of sp³-hybridized carbons (Fsp3) is 0.333. The van der Waals surface area contributed by atoms with Crippen molar-refractivity contribution >= 4 is 45.8 Å². The summed E-state index contributed by atoms with van der Waals surface area (Å²) >= 11 is 8.87. The highest BCUT2D eigenvalue weighted by atomic mass is 35.5. The molecule has 80 valence electrons. The number of rotatable bonds is 2. The Balaban J connectivity index is 2.01. The normalized spacial score (nSPS) is 15.6. The zero-order valence-electron chi connectivity index (χ0n) is 8.07. The molecule has 0 aliphatic carbocycles. The van der Waals surface area contributed by atoms with E-state index in [0.29, 0.717) is 5.75 Å².